The predicted molar refractivity (Wildman–Crippen MR) is 229 cm³/mol. The molecule has 0 N–H and O–H groups in total. The van der Waals surface area contributed by atoms with Crippen molar-refractivity contribution in [1.29, 1.82) is 0 Å². The number of anilines is 3. The van der Waals surface area contributed by atoms with E-state index in [1.54, 1.807) is 0 Å². The molecule has 0 saturated heterocycles. The molecule has 7 rings (SSSR count). The van der Waals surface area contributed by atoms with E-state index in [2.05, 4.69) is 221 Å². The van der Waals surface area contributed by atoms with E-state index in [9.17, 15) is 0 Å². The summed E-state index contributed by atoms with van der Waals surface area (Å²) in [5.74, 6) is 0. The maximum absolute atomic E-state index is 2.37. The molecule has 1 nitrogen and oxygen atoms in total. The molecule has 0 aliphatic heterocycles. The van der Waals surface area contributed by atoms with Crippen LogP contribution in [0.15, 0.2) is 152 Å². The molecular weight excluding hydrogens is 647 g/mol. The zero-order valence-corrected chi connectivity index (χ0v) is 31.1. The van der Waals surface area contributed by atoms with Gasteiger partial charge in [0.1, 0.15) is 0 Å². The molecule has 254 valence electrons. The third kappa shape index (κ3) is 8.32. The highest BCUT2D eigenvalue weighted by Crippen LogP contribution is 2.38. The van der Waals surface area contributed by atoms with Gasteiger partial charge in [-0.3, -0.25) is 0 Å². The maximum atomic E-state index is 2.37. The molecule has 0 fully saturated rings. The van der Waals surface area contributed by atoms with Gasteiger partial charge in [-0.25, -0.2) is 0 Å². The Hall–Kier alpha value is -5.96. The van der Waals surface area contributed by atoms with Gasteiger partial charge >= 0.3 is 0 Å². The summed E-state index contributed by atoms with van der Waals surface area (Å²) in [5.41, 5.74) is 15.7. The van der Waals surface area contributed by atoms with Gasteiger partial charge in [-0.05, 0) is 132 Å². The average Bonchev–Trinajstić information content (AvgIpc) is 3.53. The molecule has 0 radical (unpaired) electrons. The molecule has 0 amide bonds. The van der Waals surface area contributed by atoms with Crippen LogP contribution in [-0.4, -0.2) is 0 Å². The van der Waals surface area contributed by atoms with Gasteiger partial charge in [0.2, 0.25) is 0 Å². The Morgan fingerprint density at radius 1 is 0.404 bits per heavy atom. The fourth-order valence-electron chi connectivity index (χ4n) is 6.40. The van der Waals surface area contributed by atoms with E-state index >= 15 is 0 Å². The van der Waals surface area contributed by atoms with Crippen LogP contribution in [0.25, 0.3) is 47.6 Å². The topological polar surface area (TPSA) is 3.24 Å². The van der Waals surface area contributed by atoms with Gasteiger partial charge < -0.3 is 4.90 Å². The number of rotatable bonds is 10. The Morgan fingerprint density at radius 3 is 1.42 bits per heavy atom. The Kier molecular flexibility index (Phi) is 10.6. The second-order valence-corrected chi connectivity index (χ2v) is 14.5. The summed E-state index contributed by atoms with van der Waals surface area (Å²) in [7, 11) is 0. The molecule has 0 unspecified atom stereocenters. The molecule has 0 saturated carbocycles. The van der Waals surface area contributed by atoms with E-state index in [0.29, 0.717) is 0 Å². The summed E-state index contributed by atoms with van der Waals surface area (Å²) in [4.78, 5) is 4.91. The average molecular weight is 690 g/mol. The van der Waals surface area contributed by atoms with Gasteiger partial charge in [0.25, 0.3) is 0 Å². The standard InChI is InChI=1S/C50H43NS/c1-36-15-19-44(20-16-36)45-24-27-46(28-25-45)51(47-29-22-42(37(2)33-47)21-17-40-11-7-5-8-12-40)48-30-23-43(38(3)34-48)26-31-49-35-39(4)50(52-49)32-18-41-13-9-6-10-14-41/h5-35H,1-4H3. The minimum Gasteiger partial charge on any atom is -0.310 e. The van der Waals surface area contributed by atoms with Gasteiger partial charge in [0.15, 0.2) is 0 Å². The first kappa shape index (κ1) is 34.5. The number of nitrogens with zero attached hydrogens (tertiary/aromatic N) is 1. The van der Waals surface area contributed by atoms with Crippen LogP contribution in [0.4, 0.5) is 17.1 Å². The van der Waals surface area contributed by atoms with Crippen LogP contribution in [0.5, 0.6) is 0 Å². The van der Waals surface area contributed by atoms with Crippen molar-refractivity contribution in [3.63, 3.8) is 0 Å². The molecule has 1 aromatic heterocycles. The third-order valence-corrected chi connectivity index (χ3v) is 10.6. The van der Waals surface area contributed by atoms with Gasteiger partial charge in [-0.15, -0.1) is 11.3 Å². The summed E-state index contributed by atoms with van der Waals surface area (Å²) in [5, 5.41) is 0. The molecule has 2 heteroatoms. The summed E-state index contributed by atoms with van der Waals surface area (Å²) in [6.07, 6.45) is 13.3. The van der Waals surface area contributed by atoms with Crippen LogP contribution in [0, 0.1) is 27.7 Å². The summed E-state index contributed by atoms with van der Waals surface area (Å²) >= 11 is 1.82. The number of thiophene rings is 1. The molecule has 0 atom stereocenters. The minimum atomic E-state index is 1.12. The number of hydrogen-bond acceptors (Lipinski definition) is 2. The number of hydrogen-bond donors (Lipinski definition) is 0. The second kappa shape index (κ2) is 15.9. The Bertz CT molecular complexity index is 2360. The van der Waals surface area contributed by atoms with Gasteiger partial charge in [0.05, 0.1) is 0 Å². The minimum absolute atomic E-state index is 1.12. The first-order valence-corrected chi connectivity index (χ1v) is 18.6. The van der Waals surface area contributed by atoms with Crippen molar-refractivity contribution in [2.75, 3.05) is 4.90 Å². The van der Waals surface area contributed by atoms with E-state index in [-0.39, 0.29) is 0 Å². The summed E-state index contributed by atoms with van der Waals surface area (Å²) in [6.45, 7) is 8.72. The zero-order valence-electron chi connectivity index (χ0n) is 30.3. The lowest BCUT2D eigenvalue weighted by atomic mass is 10.0. The Morgan fingerprint density at radius 2 is 0.885 bits per heavy atom. The quantitative estimate of drug-likeness (QED) is 0.129. The highest BCUT2D eigenvalue weighted by atomic mass is 32.1. The molecule has 0 bridgehead atoms. The van der Waals surface area contributed by atoms with Crippen LogP contribution < -0.4 is 4.90 Å². The monoisotopic (exact) mass is 689 g/mol. The molecular formula is C50H43NS. The van der Waals surface area contributed by atoms with Crippen molar-refractivity contribution in [2.45, 2.75) is 27.7 Å². The van der Waals surface area contributed by atoms with E-state index in [1.165, 1.54) is 65.4 Å². The van der Waals surface area contributed by atoms with Crippen molar-refractivity contribution >= 4 is 64.9 Å². The molecule has 52 heavy (non-hydrogen) atoms. The summed E-state index contributed by atoms with van der Waals surface area (Å²) in [6, 6.07) is 54.4. The predicted octanol–water partition coefficient (Wildman–Crippen LogP) is 14.6. The van der Waals surface area contributed by atoms with E-state index in [4.69, 9.17) is 0 Å². The van der Waals surface area contributed by atoms with Crippen LogP contribution in [0.1, 0.15) is 54.3 Å². The number of aryl methyl sites for hydroxylation is 4. The molecule has 6 aromatic carbocycles. The van der Waals surface area contributed by atoms with Crippen molar-refractivity contribution in [3.05, 3.63) is 206 Å². The van der Waals surface area contributed by atoms with Crippen molar-refractivity contribution < 1.29 is 0 Å². The fourth-order valence-corrected chi connectivity index (χ4v) is 7.38. The van der Waals surface area contributed by atoms with E-state index < -0.39 is 0 Å². The van der Waals surface area contributed by atoms with Gasteiger partial charge in [0, 0.05) is 26.8 Å². The summed E-state index contributed by atoms with van der Waals surface area (Å²) < 4.78 is 0. The Labute approximate surface area is 313 Å². The lowest BCUT2D eigenvalue weighted by molar-refractivity contribution is 1.25. The first-order chi connectivity index (χ1) is 25.4. The van der Waals surface area contributed by atoms with Crippen molar-refractivity contribution in [2.24, 2.45) is 0 Å². The Balaban J connectivity index is 1.18. The highest BCUT2D eigenvalue weighted by molar-refractivity contribution is 7.14. The van der Waals surface area contributed by atoms with Gasteiger partial charge in [-0.2, -0.15) is 0 Å². The fraction of sp³-hybridized carbons (Fsp3) is 0.0800. The van der Waals surface area contributed by atoms with Crippen LogP contribution in [-0.2, 0) is 0 Å². The van der Waals surface area contributed by atoms with E-state index in [0.717, 1.165) is 17.1 Å². The van der Waals surface area contributed by atoms with Crippen LogP contribution in [0.3, 0.4) is 0 Å². The first-order valence-electron chi connectivity index (χ1n) is 17.8. The van der Waals surface area contributed by atoms with Crippen LogP contribution in [0.2, 0.25) is 0 Å². The van der Waals surface area contributed by atoms with Crippen molar-refractivity contribution in [1.82, 2.24) is 0 Å². The number of benzene rings is 6. The third-order valence-electron chi connectivity index (χ3n) is 9.42. The zero-order chi connectivity index (χ0) is 35.9. The largest absolute Gasteiger partial charge is 0.310 e. The smallest absolute Gasteiger partial charge is 0.0464 e. The van der Waals surface area contributed by atoms with Gasteiger partial charge in [-0.1, -0.05) is 139 Å². The van der Waals surface area contributed by atoms with E-state index in [1.807, 2.05) is 11.3 Å². The highest BCUT2D eigenvalue weighted by Gasteiger charge is 2.15. The molecule has 0 aliphatic rings. The molecule has 0 aliphatic carbocycles. The maximum Gasteiger partial charge on any atom is 0.0464 e. The van der Waals surface area contributed by atoms with Crippen LogP contribution >= 0.6 is 11.3 Å². The molecule has 7 aromatic rings. The molecule has 0 spiro atoms. The SMILES string of the molecule is Cc1ccc(-c2ccc(N(c3ccc(C=Cc4ccccc4)c(C)c3)c3ccc(C=Cc4cc(C)c(C=Cc5ccccc5)s4)c(C)c3)cc2)cc1. The normalized spacial score (nSPS) is 11.6. The van der Waals surface area contributed by atoms with Crippen molar-refractivity contribution in [3.8, 4) is 11.1 Å². The molecule has 1 heterocycles. The lowest BCUT2D eigenvalue weighted by Gasteiger charge is -2.27. The lowest BCUT2D eigenvalue weighted by Crippen LogP contribution is -2.10. The second-order valence-electron chi connectivity index (χ2n) is 13.3.